The van der Waals surface area contributed by atoms with Crippen LogP contribution in [0.2, 0.25) is 5.02 Å². The van der Waals surface area contributed by atoms with E-state index in [1.807, 2.05) is 30.3 Å². The summed E-state index contributed by atoms with van der Waals surface area (Å²) in [5.41, 5.74) is 1.89. The molecule has 0 fully saturated rings. The summed E-state index contributed by atoms with van der Waals surface area (Å²) in [7, 11) is 3.34. The average molecular weight is 409 g/mol. The van der Waals surface area contributed by atoms with Crippen LogP contribution in [0.3, 0.4) is 0 Å². The zero-order valence-electron chi connectivity index (χ0n) is 13.2. The number of aryl methyl sites for hydroxylation is 1. The molecule has 0 radical (unpaired) electrons. The second kappa shape index (κ2) is 6.45. The van der Waals surface area contributed by atoms with Crippen molar-refractivity contribution < 1.29 is 4.79 Å². The summed E-state index contributed by atoms with van der Waals surface area (Å²) in [5, 5.41) is 0.463. The third-order valence-electron chi connectivity index (χ3n) is 3.99. The van der Waals surface area contributed by atoms with E-state index in [0.29, 0.717) is 10.7 Å². The van der Waals surface area contributed by atoms with Gasteiger partial charge in [0.05, 0.1) is 21.7 Å². The summed E-state index contributed by atoms with van der Waals surface area (Å²) in [6.07, 6.45) is 0. The number of carbonyl (C=O) groups excluding carboxylic acids is 1. The maximum atomic E-state index is 12.6. The van der Waals surface area contributed by atoms with Crippen LogP contribution in [0.15, 0.2) is 51.7 Å². The van der Waals surface area contributed by atoms with Gasteiger partial charge in [-0.2, -0.15) is 0 Å². The highest BCUT2D eigenvalue weighted by atomic mass is 79.9. The molecule has 24 heavy (non-hydrogen) atoms. The van der Waals surface area contributed by atoms with Gasteiger partial charge in [0, 0.05) is 18.6 Å². The van der Waals surface area contributed by atoms with E-state index >= 15 is 0 Å². The van der Waals surface area contributed by atoms with E-state index in [0.717, 1.165) is 15.5 Å². The molecule has 124 valence electrons. The number of amides is 1. The van der Waals surface area contributed by atoms with Gasteiger partial charge in [-0.3, -0.25) is 13.9 Å². The van der Waals surface area contributed by atoms with Crippen LogP contribution in [-0.4, -0.2) is 22.1 Å². The highest BCUT2D eigenvalue weighted by Gasteiger charge is 2.18. The zero-order chi connectivity index (χ0) is 17.4. The number of fused-ring (bicyclic) bond motifs is 1. The van der Waals surface area contributed by atoms with E-state index in [9.17, 15) is 9.59 Å². The van der Waals surface area contributed by atoms with Crippen molar-refractivity contribution in [1.29, 1.82) is 0 Å². The lowest BCUT2D eigenvalue weighted by Gasteiger charge is -2.19. The van der Waals surface area contributed by atoms with E-state index in [1.165, 1.54) is 14.0 Å². The molecule has 0 atom stereocenters. The van der Waals surface area contributed by atoms with Crippen molar-refractivity contribution in [2.24, 2.45) is 7.05 Å². The van der Waals surface area contributed by atoms with Crippen molar-refractivity contribution in [2.75, 3.05) is 11.9 Å². The zero-order valence-corrected chi connectivity index (χ0v) is 15.5. The summed E-state index contributed by atoms with van der Waals surface area (Å²) in [5.74, 6) is -0.224. The van der Waals surface area contributed by atoms with Gasteiger partial charge in [-0.1, -0.05) is 39.7 Å². The summed E-state index contributed by atoms with van der Waals surface area (Å²) < 4.78 is 3.85. The SMILES string of the molecule is CN(C(=O)Cn1c(=O)n(C)c2ccccc21)c1ccc(Br)cc1Cl. The van der Waals surface area contributed by atoms with E-state index in [-0.39, 0.29) is 18.1 Å². The molecule has 0 N–H and O–H groups in total. The monoisotopic (exact) mass is 407 g/mol. The third-order valence-corrected chi connectivity index (χ3v) is 4.79. The van der Waals surface area contributed by atoms with Crippen LogP contribution in [-0.2, 0) is 18.4 Å². The number of halogens is 2. The molecular formula is C17H15BrClN3O2. The predicted molar refractivity (Wildman–Crippen MR) is 99.7 cm³/mol. The first-order valence-electron chi connectivity index (χ1n) is 7.26. The second-order valence-electron chi connectivity index (χ2n) is 5.46. The summed E-state index contributed by atoms with van der Waals surface area (Å²) in [4.78, 5) is 26.5. The van der Waals surface area contributed by atoms with E-state index in [4.69, 9.17) is 11.6 Å². The number of hydrogen-bond donors (Lipinski definition) is 0. The molecule has 0 saturated carbocycles. The first-order chi connectivity index (χ1) is 11.4. The van der Waals surface area contributed by atoms with Gasteiger partial charge in [-0.05, 0) is 30.3 Å². The molecule has 7 heteroatoms. The number of anilines is 1. The first kappa shape index (κ1) is 16.8. The van der Waals surface area contributed by atoms with Crippen molar-refractivity contribution in [2.45, 2.75) is 6.54 Å². The maximum absolute atomic E-state index is 12.6. The molecule has 0 aliphatic heterocycles. The predicted octanol–water partition coefficient (Wildman–Crippen LogP) is 3.42. The molecule has 3 aromatic rings. The molecule has 2 aromatic carbocycles. The smallest absolute Gasteiger partial charge is 0.312 e. The minimum Gasteiger partial charge on any atom is -0.312 e. The van der Waals surface area contributed by atoms with E-state index in [1.54, 1.807) is 26.2 Å². The van der Waals surface area contributed by atoms with Crippen LogP contribution in [0.4, 0.5) is 5.69 Å². The van der Waals surface area contributed by atoms with E-state index < -0.39 is 0 Å². The number of imidazole rings is 1. The molecule has 0 aliphatic rings. The molecule has 0 aliphatic carbocycles. The minimum absolute atomic E-state index is 0.0525. The largest absolute Gasteiger partial charge is 0.329 e. The van der Waals surface area contributed by atoms with Gasteiger partial charge >= 0.3 is 5.69 Å². The molecule has 5 nitrogen and oxygen atoms in total. The Balaban J connectivity index is 1.95. The quantitative estimate of drug-likeness (QED) is 0.667. The minimum atomic E-state index is -0.224. The van der Waals surface area contributed by atoms with Crippen LogP contribution in [0.5, 0.6) is 0 Å². The Kier molecular flexibility index (Phi) is 4.51. The number of benzene rings is 2. The van der Waals surface area contributed by atoms with Crippen molar-refractivity contribution in [3.05, 3.63) is 62.4 Å². The van der Waals surface area contributed by atoms with Crippen molar-refractivity contribution in [1.82, 2.24) is 9.13 Å². The third kappa shape index (κ3) is 2.87. The fraction of sp³-hybridized carbons (Fsp3) is 0.176. The molecule has 0 unspecified atom stereocenters. The van der Waals surface area contributed by atoms with Gasteiger partial charge in [0.2, 0.25) is 5.91 Å². The molecule has 0 bridgehead atoms. The van der Waals surface area contributed by atoms with Crippen molar-refractivity contribution in [3.63, 3.8) is 0 Å². The lowest BCUT2D eigenvalue weighted by Crippen LogP contribution is -2.34. The highest BCUT2D eigenvalue weighted by Crippen LogP contribution is 2.28. The summed E-state index contributed by atoms with van der Waals surface area (Å²) in [6.45, 7) is -0.0525. The Bertz CT molecular complexity index is 993. The van der Waals surface area contributed by atoms with Gasteiger partial charge in [0.25, 0.3) is 0 Å². The number of hydrogen-bond acceptors (Lipinski definition) is 2. The van der Waals surface area contributed by atoms with Gasteiger partial charge in [0.1, 0.15) is 6.54 Å². The van der Waals surface area contributed by atoms with Crippen LogP contribution in [0, 0.1) is 0 Å². The Morgan fingerprint density at radius 1 is 1.21 bits per heavy atom. The van der Waals surface area contributed by atoms with E-state index in [2.05, 4.69) is 15.9 Å². The van der Waals surface area contributed by atoms with Crippen molar-refractivity contribution in [3.8, 4) is 0 Å². The molecule has 0 saturated heterocycles. The fourth-order valence-corrected chi connectivity index (χ4v) is 3.45. The van der Waals surface area contributed by atoms with Crippen LogP contribution >= 0.6 is 27.5 Å². The number of rotatable bonds is 3. The Hall–Kier alpha value is -2.05. The number of likely N-dealkylation sites (N-methyl/N-ethyl adjacent to an activating group) is 1. The standard InChI is InChI=1S/C17H15BrClN3O2/c1-20(13-8-7-11(18)9-12(13)19)16(23)10-22-15-6-4-3-5-14(15)21(2)17(22)24/h3-9H,10H2,1-2H3. The van der Waals surface area contributed by atoms with Gasteiger partial charge in [-0.15, -0.1) is 0 Å². The summed E-state index contributed by atoms with van der Waals surface area (Å²) in [6, 6.07) is 12.7. The van der Waals surface area contributed by atoms with Crippen molar-refractivity contribution >= 4 is 50.2 Å². The first-order valence-corrected chi connectivity index (χ1v) is 8.43. The average Bonchev–Trinajstić information content (AvgIpc) is 2.80. The van der Waals surface area contributed by atoms with Gasteiger partial charge in [0.15, 0.2) is 0 Å². The fourth-order valence-electron chi connectivity index (χ4n) is 2.64. The van der Waals surface area contributed by atoms with Gasteiger partial charge < -0.3 is 4.90 Å². The second-order valence-corrected chi connectivity index (χ2v) is 6.79. The maximum Gasteiger partial charge on any atom is 0.329 e. The molecule has 1 amide bonds. The Morgan fingerprint density at radius 2 is 1.88 bits per heavy atom. The topological polar surface area (TPSA) is 47.2 Å². The molecular weight excluding hydrogens is 394 g/mol. The normalized spacial score (nSPS) is 11.0. The Morgan fingerprint density at radius 3 is 2.54 bits per heavy atom. The van der Waals surface area contributed by atoms with Crippen LogP contribution < -0.4 is 10.6 Å². The lowest BCUT2D eigenvalue weighted by molar-refractivity contribution is -0.118. The van der Waals surface area contributed by atoms with Crippen LogP contribution in [0.25, 0.3) is 11.0 Å². The summed E-state index contributed by atoms with van der Waals surface area (Å²) >= 11 is 9.54. The number of nitrogens with zero attached hydrogens (tertiary/aromatic N) is 3. The molecule has 1 heterocycles. The molecule has 3 rings (SSSR count). The van der Waals surface area contributed by atoms with Gasteiger partial charge in [-0.25, -0.2) is 4.79 Å². The number of aromatic nitrogens is 2. The molecule has 0 spiro atoms. The number of para-hydroxylation sites is 2. The molecule has 1 aromatic heterocycles. The highest BCUT2D eigenvalue weighted by molar-refractivity contribution is 9.10. The van der Waals surface area contributed by atoms with Crippen LogP contribution in [0.1, 0.15) is 0 Å². The number of carbonyl (C=O) groups is 1. The lowest BCUT2D eigenvalue weighted by atomic mass is 10.3. The Labute approximate surface area is 152 Å².